The Morgan fingerprint density at radius 2 is 1.85 bits per heavy atom. The molecule has 1 amide bonds. The average molecular weight is 402 g/mol. The summed E-state index contributed by atoms with van der Waals surface area (Å²) in [6, 6.07) is 9.31. The first-order valence-corrected chi connectivity index (χ1v) is 8.11. The number of alkyl halides is 2. The summed E-state index contributed by atoms with van der Waals surface area (Å²) in [7, 11) is 0. The smallest absolute Gasteiger partial charge is 0.238 e. The molecule has 0 bridgehead atoms. The monoisotopic (exact) mass is 400 g/mol. The van der Waals surface area contributed by atoms with E-state index in [2.05, 4.69) is 37.9 Å². The van der Waals surface area contributed by atoms with Gasteiger partial charge in [-0.2, -0.15) is 5.26 Å². The Bertz CT molecular complexity index is 507. The van der Waals surface area contributed by atoms with Crippen molar-refractivity contribution in [2.75, 3.05) is 26.3 Å². The lowest BCUT2D eigenvalue weighted by atomic mass is 10.1. The molecule has 1 heterocycles. The van der Waals surface area contributed by atoms with E-state index in [1.165, 1.54) is 0 Å². The van der Waals surface area contributed by atoms with Gasteiger partial charge in [-0.3, -0.25) is 4.79 Å². The molecule has 1 fully saturated rings. The number of nitrogens with zero attached hydrogens (tertiary/aromatic N) is 2. The van der Waals surface area contributed by atoms with Crippen molar-refractivity contribution >= 4 is 37.8 Å². The summed E-state index contributed by atoms with van der Waals surface area (Å²) in [6.07, 6.45) is 0. The Morgan fingerprint density at radius 3 is 2.40 bits per heavy atom. The minimum atomic E-state index is -0.339. The predicted octanol–water partition coefficient (Wildman–Crippen LogP) is 2.62. The van der Waals surface area contributed by atoms with E-state index in [4.69, 9.17) is 10.00 Å². The van der Waals surface area contributed by atoms with Crippen molar-refractivity contribution in [3.63, 3.8) is 0 Å². The number of halogens is 2. The molecular formula is C14H14Br2N2O2. The highest BCUT2D eigenvalue weighted by Gasteiger charge is 2.29. The number of carbonyl (C=O) groups excluding carboxylic acids is 1. The number of morpholine rings is 1. The topological polar surface area (TPSA) is 53.3 Å². The van der Waals surface area contributed by atoms with Gasteiger partial charge in [0.25, 0.3) is 0 Å². The number of hydrogen-bond donors (Lipinski definition) is 0. The molecule has 6 heteroatoms. The summed E-state index contributed by atoms with van der Waals surface area (Å²) < 4.78 is 5.25. The summed E-state index contributed by atoms with van der Waals surface area (Å²) in [6.45, 7) is 2.45. The second-order valence-corrected chi connectivity index (χ2v) is 6.45. The molecule has 1 aliphatic rings. The molecule has 0 aliphatic carbocycles. The summed E-state index contributed by atoms with van der Waals surface area (Å²) in [5.74, 6) is 0.0551. The van der Waals surface area contributed by atoms with Gasteiger partial charge in [0.05, 0.1) is 29.7 Å². The third-order valence-corrected chi connectivity index (χ3v) is 5.86. The van der Waals surface area contributed by atoms with Crippen LogP contribution in [0, 0.1) is 11.3 Å². The Balaban J connectivity index is 2.04. The van der Waals surface area contributed by atoms with Gasteiger partial charge < -0.3 is 9.64 Å². The van der Waals surface area contributed by atoms with E-state index < -0.39 is 0 Å². The van der Waals surface area contributed by atoms with Crippen LogP contribution < -0.4 is 0 Å². The molecule has 0 radical (unpaired) electrons. The summed E-state index contributed by atoms with van der Waals surface area (Å²) in [5.41, 5.74) is 1.58. The average Bonchev–Trinajstić information content (AvgIpc) is 2.53. The van der Waals surface area contributed by atoms with Crippen LogP contribution >= 0.6 is 31.9 Å². The first-order chi connectivity index (χ1) is 9.63. The van der Waals surface area contributed by atoms with Crippen molar-refractivity contribution in [1.82, 2.24) is 4.90 Å². The number of benzene rings is 1. The zero-order valence-corrected chi connectivity index (χ0v) is 13.9. The minimum absolute atomic E-state index is 0.0551. The van der Waals surface area contributed by atoms with Crippen LogP contribution in [0.4, 0.5) is 0 Å². The number of ether oxygens (including phenoxy) is 1. The third kappa shape index (κ3) is 3.60. The second-order valence-electron chi connectivity index (χ2n) is 4.47. The maximum Gasteiger partial charge on any atom is 0.238 e. The zero-order chi connectivity index (χ0) is 14.5. The van der Waals surface area contributed by atoms with Gasteiger partial charge in [0.15, 0.2) is 0 Å². The molecular weight excluding hydrogens is 388 g/mol. The van der Waals surface area contributed by atoms with E-state index in [1.807, 2.05) is 12.1 Å². The van der Waals surface area contributed by atoms with E-state index in [0.717, 1.165) is 5.56 Å². The molecule has 2 rings (SSSR count). The predicted molar refractivity (Wildman–Crippen MR) is 82.9 cm³/mol. The van der Waals surface area contributed by atoms with Crippen molar-refractivity contribution in [2.24, 2.45) is 0 Å². The molecule has 0 spiro atoms. The molecule has 1 saturated heterocycles. The lowest BCUT2D eigenvalue weighted by molar-refractivity contribution is -0.134. The Hall–Kier alpha value is -0.900. The molecule has 0 aromatic heterocycles. The third-order valence-electron chi connectivity index (χ3n) is 3.17. The zero-order valence-electron chi connectivity index (χ0n) is 10.8. The summed E-state index contributed by atoms with van der Waals surface area (Å²) in [4.78, 5) is 13.7. The molecule has 106 valence electrons. The number of hydrogen-bond acceptors (Lipinski definition) is 3. The van der Waals surface area contributed by atoms with E-state index in [-0.39, 0.29) is 15.6 Å². The number of nitriles is 1. The molecule has 4 nitrogen and oxygen atoms in total. The quantitative estimate of drug-likeness (QED) is 0.731. The maximum atomic E-state index is 12.4. The van der Waals surface area contributed by atoms with Crippen LogP contribution in [0.15, 0.2) is 24.3 Å². The van der Waals surface area contributed by atoms with Gasteiger partial charge in [0.1, 0.15) is 4.83 Å². The largest absolute Gasteiger partial charge is 0.378 e. The van der Waals surface area contributed by atoms with Gasteiger partial charge in [0, 0.05) is 13.1 Å². The van der Waals surface area contributed by atoms with E-state index in [1.54, 1.807) is 17.0 Å². The van der Waals surface area contributed by atoms with Crippen LogP contribution in [0.1, 0.15) is 16.0 Å². The maximum absolute atomic E-state index is 12.4. The van der Waals surface area contributed by atoms with Crippen LogP contribution in [0.3, 0.4) is 0 Å². The lowest BCUT2D eigenvalue weighted by Crippen LogP contribution is -2.45. The fraction of sp³-hybridized carbons (Fsp3) is 0.429. The Labute approximate surface area is 135 Å². The van der Waals surface area contributed by atoms with Crippen LogP contribution in [0.25, 0.3) is 0 Å². The van der Waals surface area contributed by atoms with E-state index in [9.17, 15) is 4.79 Å². The van der Waals surface area contributed by atoms with Crippen LogP contribution in [0.5, 0.6) is 0 Å². The van der Waals surface area contributed by atoms with Crippen molar-refractivity contribution < 1.29 is 9.53 Å². The first-order valence-electron chi connectivity index (χ1n) is 6.28. The fourth-order valence-corrected chi connectivity index (χ4v) is 3.12. The summed E-state index contributed by atoms with van der Waals surface area (Å²) >= 11 is 7.03. The molecule has 0 N–H and O–H groups in total. The first kappa shape index (κ1) is 15.5. The van der Waals surface area contributed by atoms with Crippen LogP contribution in [0.2, 0.25) is 0 Å². The number of carbonyl (C=O) groups is 1. The molecule has 2 atom stereocenters. The van der Waals surface area contributed by atoms with E-state index >= 15 is 0 Å². The SMILES string of the molecule is N#Cc1ccc([C@H](Br)[C@H](Br)C(=O)N2CCOCC2)cc1. The van der Waals surface area contributed by atoms with E-state index in [0.29, 0.717) is 31.9 Å². The number of rotatable bonds is 3. The highest BCUT2D eigenvalue weighted by molar-refractivity contribution is 9.12. The Morgan fingerprint density at radius 1 is 1.25 bits per heavy atom. The van der Waals surface area contributed by atoms with Gasteiger partial charge in [-0.05, 0) is 17.7 Å². The summed E-state index contributed by atoms with van der Waals surface area (Å²) in [5, 5.41) is 8.79. The fourth-order valence-electron chi connectivity index (χ4n) is 1.99. The molecule has 0 saturated carbocycles. The van der Waals surface area contributed by atoms with Gasteiger partial charge in [-0.1, -0.05) is 44.0 Å². The molecule has 0 unspecified atom stereocenters. The normalized spacial score (nSPS) is 18.1. The molecule has 20 heavy (non-hydrogen) atoms. The second kappa shape index (κ2) is 7.21. The lowest BCUT2D eigenvalue weighted by Gasteiger charge is -2.30. The van der Waals surface area contributed by atoms with Gasteiger partial charge in [-0.15, -0.1) is 0 Å². The molecule has 1 aliphatic heterocycles. The van der Waals surface area contributed by atoms with Crippen LogP contribution in [-0.4, -0.2) is 41.9 Å². The van der Waals surface area contributed by atoms with Crippen molar-refractivity contribution in [1.29, 1.82) is 5.26 Å². The van der Waals surface area contributed by atoms with Crippen molar-refractivity contribution in [3.05, 3.63) is 35.4 Å². The highest BCUT2D eigenvalue weighted by Crippen LogP contribution is 2.32. The van der Waals surface area contributed by atoms with Gasteiger partial charge in [-0.25, -0.2) is 0 Å². The van der Waals surface area contributed by atoms with Crippen LogP contribution in [-0.2, 0) is 9.53 Å². The van der Waals surface area contributed by atoms with Crippen molar-refractivity contribution in [3.8, 4) is 6.07 Å². The standard InChI is InChI=1S/C14H14Br2N2O2/c15-12(11-3-1-10(9-17)2-4-11)13(16)14(19)18-5-7-20-8-6-18/h1-4,12-13H,5-8H2/t12-,13-/m0/s1. The molecule has 1 aromatic rings. The highest BCUT2D eigenvalue weighted by atomic mass is 79.9. The minimum Gasteiger partial charge on any atom is -0.378 e. The van der Waals surface area contributed by atoms with Gasteiger partial charge in [0.2, 0.25) is 5.91 Å². The van der Waals surface area contributed by atoms with Gasteiger partial charge >= 0.3 is 0 Å². The van der Waals surface area contributed by atoms with Crippen molar-refractivity contribution in [2.45, 2.75) is 9.65 Å². The Kier molecular flexibility index (Phi) is 5.58. The number of amides is 1. The molecule has 1 aromatic carbocycles.